The molecule has 0 unspecified atom stereocenters. The highest BCUT2D eigenvalue weighted by atomic mass is 35.5. The van der Waals surface area contributed by atoms with Crippen LogP contribution in [0.5, 0.6) is 5.75 Å². The molecule has 0 atom stereocenters. The minimum absolute atomic E-state index is 0.0607. The summed E-state index contributed by atoms with van der Waals surface area (Å²) in [4.78, 5) is 3.67. The fraction of sp³-hybridized carbons (Fsp3) is 0.0909. The smallest absolute Gasteiger partial charge is 0.360 e. The van der Waals surface area contributed by atoms with E-state index in [1.807, 2.05) is 6.07 Å². The highest BCUT2D eigenvalue weighted by Gasteiger charge is 2.25. The SMILES string of the molecule is Cn1cnc(S(=O)(=O)Oc2ccccc2C#N)c1Cl. The zero-order chi connectivity index (χ0) is 14.0. The molecule has 8 heteroatoms. The highest BCUT2D eigenvalue weighted by molar-refractivity contribution is 7.87. The summed E-state index contributed by atoms with van der Waals surface area (Å²) in [7, 11) is -2.62. The zero-order valence-corrected chi connectivity index (χ0v) is 11.3. The van der Waals surface area contributed by atoms with Crippen LogP contribution in [0.25, 0.3) is 0 Å². The summed E-state index contributed by atoms with van der Waals surface area (Å²) >= 11 is 5.81. The van der Waals surface area contributed by atoms with Crippen molar-refractivity contribution in [3.8, 4) is 11.8 Å². The Morgan fingerprint density at radius 3 is 2.68 bits per heavy atom. The lowest BCUT2D eigenvalue weighted by Gasteiger charge is -2.06. The molecule has 0 radical (unpaired) electrons. The lowest BCUT2D eigenvalue weighted by Crippen LogP contribution is -2.11. The zero-order valence-electron chi connectivity index (χ0n) is 9.74. The van der Waals surface area contributed by atoms with E-state index >= 15 is 0 Å². The summed E-state index contributed by atoms with van der Waals surface area (Å²) in [6, 6.07) is 7.84. The number of imidazole rings is 1. The lowest BCUT2D eigenvalue weighted by atomic mass is 10.2. The van der Waals surface area contributed by atoms with E-state index in [4.69, 9.17) is 21.0 Å². The number of aromatic nitrogens is 2. The van der Waals surface area contributed by atoms with Crippen LogP contribution in [0.2, 0.25) is 5.15 Å². The van der Waals surface area contributed by atoms with Gasteiger partial charge in [0.05, 0.1) is 11.9 Å². The number of benzene rings is 1. The van der Waals surface area contributed by atoms with Crippen LogP contribution < -0.4 is 4.18 Å². The maximum atomic E-state index is 12.0. The predicted molar refractivity (Wildman–Crippen MR) is 67.2 cm³/mol. The second kappa shape index (κ2) is 4.91. The molecule has 6 nitrogen and oxygen atoms in total. The molecule has 1 aromatic carbocycles. The monoisotopic (exact) mass is 297 g/mol. The van der Waals surface area contributed by atoms with Crippen molar-refractivity contribution in [3.05, 3.63) is 41.3 Å². The molecule has 0 amide bonds. The average molecular weight is 298 g/mol. The Kier molecular flexibility index (Phi) is 3.46. The fourth-order valence-electron chi connectivity index (χ4n) is 1.35. The van der Waals surface area contributed by atoms with Gasteiger partial charge in [-0.05, 0) is 12.1 Å². The van der Waals surface area contributed by atoms with Gasteiger partial charge in [0.25, 0.3) is 0 Å². The first kappa shape index (κ1) is 13.4. The molecule has 0 saturated heterocycles. The van der Waals surface area contributed by atoms with Gasteiger partial charge in [0, 0.05) is 7.05 Å². The van der Waals surface area contributed by atoms with Gasteiger partial charge in [-0.2, -0.15) is 13.7 Å². The van der Waals surface area contributed by atoms with Gasteiger partial charge in [0.15, 0.2) is 10.9 Å². The molecule has 0 aliphatic heterocycles. The molecule has 2 rings (SSSR count). The standard InChI is InChI=1S/C11H8ClN3O3S/c1-15-7-14-11(10(15)12)19(16,17)18-9-5-3-2-4-8(9)6-13/h2-5,7H,1H3. The fourth-order valence-corrected chi connectivity index (χ4v) is 2.71. The molecule has 2 aromatic rings. The summed E-state index contributed by atoms with van der Waals surface area (Å²) in [5, 5.41) is 8.43. The number of hydrogen-bond donors (Lipinski definition) is 0. The van der Waals surface area contributed by atoms with E-state index < -0.39 is 10.1 Å². The van der Waals surface area contributed by atoms with E-state index in [2.05, 4.69) is 4.98 Å². The maximum absolute atomic E-state index is 12.0. The Bertz CT molecular complexity index is 762. The minimum atomic E-state index is -4.17. The molecular weight excluding hydrogens is 290 g/mol. The van der Waals surface area contributed by atoms with Crippen molar-refractivity contribution in [3.63, 3.8) is 0 Å². The van der Waals surface area contributed by atoms with Gasteiger partial charge in [0.1, 0.15) is 6.07 Å². The first-order valence-corrected chi connectivity index (χ1v) is 6.85. The van der Waals surface area contributed by atoms with Crippen molar-refractivity contribution in [1.82, 2.24) is 9.55 Å². The molecule has 0 saturated carbocycles. The summed E-state index contributed by atoms with van der Waals surface area (Å²) in [5.41, 5.74) is 0.109. The third-order valence-electron chi connectivity index (χ3n) is 2.28. The van der Waals surface area contributed by atoms with Crippen LogP contribution in [0.3, 0.4) is 0 Å². The second-order valence-electron chi connectivity index (χ2n) is 3.60. The largest absolute Gasteiger partial charge is 0.376 e. The molecule has 1 heterocycles. The van der Waals surface area contributed by atoms with Crippen molar-refractivity contribution in [2.75, 3.05) is 0 Å². The average Bonchev–Trinajstić information content (AvgIpc) is 2.71. The topological polar surface area (TPSA) is 85.0 Å². The molecular formula is C11H8ClN3O3S. The summed E-state index contributed by atoms with van der Waals surface area (Å²) in [6.07, 6.45) is 1.26. The Labute approximate surface area is 115 Å². The normalized spacial score (nSPS) is 11.0. The van der Waals surface area contributed by atoms with E-state index in [1.165, 1.54) is 23.0 Å². The van der Waals surface area contributed by atoms with Gasteiger partial charge in [-0.25, -0.2) is 4.98 Å². The number of halogens is 1. The molecule has 0 aliphatic rings. The van der Waals surface area contributed by atoms with Crippen LogP contribution in [0.15, 0.2) is 35.6 Å². The van der Waals surface area contributed by atoms with Crippen LogP contribution in [-0.2, 0) is 17.2 Å². The molecule has 0 fully saturated rings. The number of rotatable bonds is 3. The molecule has 19 heavy (non-hydrogen) atoms. The van der Waals surface area contributed by atoms with E-state index in [-0.39, 0.29) is 21.5 Å². The van der Waals surface area contributed by atoms with Gasteiger partial charge < -0.3 is 8.75 Å². The van der Waals surface area contributed by atoms with E-state index in [0.717, 1.165) is 0 Å². The van der Waals surface area contributed by atoms with Crippen molar-refractivity contribution in [1.29, 1.82) is 5.26 Å². The Balaban J connectivity index is 2.43. The molecule has 0 aliphatic carbocycles. The van der Waals surface area contributed by atoms with E-state index in [0.29, 0.717) is 0 Å². The van der Waals surface area contributed by atoms with Gasteiger partial charge in [-0.1, -0.05) is 23.7 Å². The van der Waals surface area contributed by atoms with E-state index in [9.17, 15) is 8.42 Å². The van der Waals surface area contributed by atoms with Crippen molar-refractivity contribution in [2.45, 2.75) is 5.03 Å². The summed E-state index contributed by atoms with van der Waals surface area (Å²) < 4.78 is 30.3. The van der Waals surface area contributed by atoms with Crippen LogP contribution in [0.1, 0.15) is 5.56 Å². The third-order valence-corrected chi connectivity index (χ3v) is 4.01. The number of nitrogens with zero attached hydrogens (tertiary/aromatic N) is 3. The number of para-hydroxylation sites is 1. The highest BCUT2D eigenvalue weighted by Crippen LogP contribution is 2.25. The minimum Gasteiger partial charge on any atom is -0.376 e. The Morgan fingerprint density at radius 1 is 1.42 bits per heavy atom. The molecule has 0 N–H and O–H groups in total. The van der Waals surface area contributed by atoms with Crippen LogP contribution in [-0.4, -0.2) is 18.0 Å². The first-order chi connectivity index (χ1) is 8.95. The van der Waals surface area contributed by atoms with Crippen LogP contribution in [0, 0.1) is 11.3 Å². The molecule has 98 valence electrons. The molecule has 1 aromatic heterocycles. The molecule has 0 spiro atoms. The first-order valence-electron chi connectivity index (χ1n) is 5.06. The van der Waals surface area contributed by atoms with E-state index in [1.54, 1.807) is 19.2 Å². The van der Waals surface area contributed by atoms with Gasteiger partial charge in [0.2, 0.25) is 5.03 Å². The predicted octanol–water partition coefficient (Wildman–Crippen LogP) is 1.71. The maximum Gasteiger partial charge on any atom is 0.360 e. The van der Waals surface area contributed by atoms with Crippen LogP contribution >= 0.6 is 11.6 Å². The van der Waals surface area contributed by atoms with Crippen molar-refractivity contribution in [2.24, 2.45) is 7.05 Å². The van der Waals surface area contributed by atoms with Crippen LogP contribution in [0.4, 0.5) is 0 Å². The molecule has 0 bridgehead atoms. The number of hydrogen-bond acceptors (Lipinski definition) is 5. The summed E-state index contributed by atoms with van der Waals surface area (Å²) in [5.74, 6) is -0.0632. The number of nitriles is 1. The quantitative estimate of drug-likeness (QED) is 0.805. The Hall–Kier alpha value is -2.04. The van der Waals surface area contributed by atoms with Crippen molar-refractivity contribution < 1.29 is 12.6 Å². The Morgan fingerprint density at radius 2 is 2.11 bits per heavy atom. The number of aryl methyl sites for hydroxylation is 1. The lowest BCUT2D eigenvalue weighted by molar-refractivity contribution is 0.482. The van der Waals surface area contributed by atoms with Crippen molar-refractivity contribution >= 4 is 21.7 Å². The second-order valence-corrected chi connectivity index (χ2v) is 5.42. The van der Waals surface area contributed by atoms with Gasteiger partial charge in [-0.3, -0.25) is 0 Å². The summed E-state index contributed by atoms with van der Waals surface area (Å²) in [6.45, 7) is 0. The van der Waals surface area contributed by atoms with Gasteiger partial charge in [-0.15, -0.1) is 0 Å². The third kappa shape index (κ3) is 2.54. The van der Waals surface area contributed by atoms with Gasteiger partial charge >= 0.3 is 10.1 Å².